The van der Waals surface area contributed by atoms with E-state index in [1.807, 2.05) is 18.2 Å². The summed E-state index contributed by atoms with van der Waals surface area (Å²) in [5.74, 6) is -2.59. The number of carbonyl (C=O) groups is 3. The van der Waals surface area contributed by atoms with Gasteiger partial charge in [0.25, 0.3) is 0 Å². The molecule has 1 N–H and O–H groups in total. The Hall–Kier alpha value is -3.74. The predicted octanol–water partition coefficient (Wildman–Crippen LogP) is 5.25. The fraction of sp³-hybridized carbons (Fsp3) is 0.172. The zero-order valence-corrected chi connectivity index (χ0v) is 24.6. The first kappa shape index (κ1) is 27.4. The highest BCUT2D eigenvalue weighted by Gasteiger charge is 2.57. The van der Waals surface area contributed by atoms with Crippen molar-refractivity contribution in [3.8, 4) is 5.75 Å². The van der Waals surface area contributed by atoms with Crippen LogP contribution in [-0.4, -0.2) is 34.6 Å². The van der Waals surface area contributed by atoms with Crippen molar-refractivity contribution >= 4 is 68.1 Å². The Morgan fingerprint density at radius 1 is 1.00 bits per heavy atom. The number of fused-ring (bicyclic) bond motifs is 2. The van der Waals surface area contributed by atoms with Crippen LogP contribution < -0.4 is 19.8 Å². The molecule has 4 aromatic rings. The van der Waals surface area contributed by atoms with Gasteiger partial charge in [0.15, 0.2) is 0 Å². The van der Waals surface area contributed by atoms with Crippen LogP contribution in [0.4, 0.5) is 15.8 Å². The number of ether oxygens (including phenoxy) is 1. The maximum absolute atomic E-state index is 14.0. The van der Waals surface area contributed by atoms with Crippen molar-refractivity contribution in [3.05, 3.63) is 103 Å². The van der Waals surface area contributed by atoms with E-state index in [1.54, 1.807) is 30.3 Å². The summed E-state index contributed by atoms with van der Waals surface area (Å²) in [7, 11) is 1.53. The van der Waals surface area contributed by atoms with Gasteiger partial charge in [-0.15, -0.1) is 0 Å². The van der Waals surface area contributed by atoms with Gasteiger partial charge in [-0.2, -0.15) is 0 Å². The maximum Gasteiger partial charge on any atom is 0.308 e. The van der Waals surface area contributed by atoms with Crippen LogP contribution >= 0.6 is 39.0 Å². The van der Waals surface area contributed by atoms with Crippen molar-refractivity contribution in [1.82, 2.24) is 4.57 Å². The summed E-state index contributed by atoms with van der Waals surface area (Å²) in [4.78, 5) is 55.5. The highest BCUT2D eigenvalue weighted by atomic mass is 79.9. The molecular formula is C29H21BrFN3O5S2. The van der Waals surface area contributed by atoms with Gasteiger partial charge in [0, 0.05) is 26.5 Å². The Labute approximate surface area is 250 Å². The molecule has 3 amide bonds. The average Bonchev–Trinajstić information content (AvgIpc) is 3.41. The Morgan fingerprint density at radius 3 is 2.41 bits per heavy atom. The molecule has 208 valence electrons. The molecule has 3 atom stereocenters. The lowest BCUT2D eigenvalue weighted by Crippen LogP contribution is -2.33. The summed E-state index contributed by atoms with van der Waals surface area (Å²) in [6, 6.07) is 19.4. The molecule has 0 spiro atoms. The van der Waals surface area contributed by atoms with Gasteiger partial charge < -0.3 is 10.1 Å². The number of halogens is 2. The highest BCUT2D eigenvalue weighted by molar-refractivity contribution is 9.10. The van der Waals surface area contributed by atoms with Gasteiger partial charge in [-0.25, -0.2) is 9.29 Å². The number of methoxy groups -OCH3 is 1. The van der Waals surface area contributed by atoms with Gasteiger partial charge in [0.2, 0.25) is 17.7 Å². The van der Waals surface area contributed by atoms with E-state index in [4.69, 9.17) is 4.74 Å². The standard InChI is InChI=1S/C29H21BrFN3O5S2/c1-39-20-5-3-2-4-19(20)22-23-24(27(37)34(26(23)36)18-12-6-15(30)7-13-18)40-28-25(22)41-29(38)33(28)14-21(35)32-17-10-8-16(31)9-11-17/h2-13,22-24H,14H2,1H3,(H,32,35). The van der Waals surface area contributed by atoms with Gasteiger partial charge in [-0.05, 0) is 54.6 Å². The number of hydrogen-bond acceptors (Lipinski definition) is 7. The molecule has 1 aromatic heterocycles. The van der Waals surface area contributed by atoms with Crippen molar-refractivity contribution in [3.63, 3.8) is 0 Å². The van der Waals surface area contributed by atoms with Crippen molar-refractivity contribution in [2.24, 2.45) is 5.92 Å². The molecule has 3 aromatic carbocycles. The van der Waals surface area contributed by atoms with Gasteiger partial charge in [0.1, 0.15) is 23.4 Å². The normalized spacial score (nSPS) is 19.6. The third-order valence-corrected chi connectivity index (χ3v) is 10.2. The highest BCUT2D eigenvalue weighted by Crippen LogP contribution is 2.55. The van der Waals surface area contributed by atoms with E-state index < -0.39 is 28.8 Å². The first-order chi connectivity index (χ1) is 19.8. The van der Waals surface area contributed by atoms with E-state index in [-0.39, 0.29) is 23.2 Å². The summed E-state index contributed by atoms with van der Waals surface area (Å²) in [6.07, 6.45) is 0. The monoisotopic (exact) mass is 653 g/mol. The molecule has 3 unspecified atom stereocenters. The third kappa shape index (κ3) is 4.89. The van der Waals surface area contributed by atoms with Gasteiger partial charge >= 0.3 is 4.87 Å². The second-order valence-electron chi connectivity index (χ2n) is 9.45. The molecule has 2 aliphatic rings. The number of hydrogen-bond donors (Lipinski definition) is 1. The fourth-order valence-corrected chi connectivity index (χ4v) is 8.26. The molecule has 0 saturated carbocycles. The van der Waals surface area contributed by atoms with E-state index in [0.717, 1.165) is 27.6 Å². The predicted molar refractivity (Wildman–Crippen MR) is 158 cm³/mol. The minimum atomic E-state index is -0.825. The first-order valence-corrected chi connectivity index (χ1v) is 15.0. The van der Waals surface area contributed by atoms with Crippen LogP contribution in [0.5, 0.6) is 5.75 Å². The lowest BCUT2D eigenvalue weighted by molar-refractivity contribution is -0.122. The summed E-state index contributed by atoms with van der Waals surface area (Å²) in [5, 5.41) is 2.31. The number of nitrogens with one attached hydrogen (secondary N) is 1. The molecule has 0 bridgehead atoms. The molecule has 0 aliphatic carbocycles. The van der Waals surface area contributed by atoms with E-state index in [2.05, 4.69) is 21.2 Å². The zero-order chi connectivity index (χ0) is 28.8. The number of para-hydroxylation sites is 1. The van der Waals surface area contributed by atoms with E-state index in [1.165, 1.54) is 40.8 Å². The number of imide groups is 1. The molecule has 8 nitrogen and oxygen atoms in total. The third-order valence-electron chi connectivity index (χ3n) is 7.04. The quantitative estimate of drug-likeness (QED) is 0.285. The summed E-state index contributed by atoms with van der Waals surface area (Å²) in [6.45, 7) is -0.316. The molecular weight excluding hydrogens is 633 g/mol. The zero-order valence-electron chi connectivity index (χ0n) is 21.4. The Balaban J connectivity index is 1.43. The number of nitrogens with zero attached hydrogens (tertiary/aromatic N) is 2. The van der Waals surface area contributed by atoms with Crippen LogP contribution in [0.1, 0.15) is 16.4 Å². The number of benzene rings is 3. The van der Waals surface area contributed by atoms with Crippen molar-refractivity contribution < 1.29 is 23.5 Å². The number of carbonyl (C=O) groups excluding carboxylic acids is 3. The lowest BCUT2D eigenvalue weighted by Gasteiger charge is -2.31. The summed E-state index contributed by atoms with van der Waals surface area (Å²) < 4.78 is 21.1. The maximum atomic E-state index is 14.0. The van der Waals surface area contributed by atoms with Crippen LogP contribution in [0.25, 0.3) is 0 Å². The first-order valence-electron chi connectivity index (χ1n) is 12.5. The van der Waals surface area contributed by atoms with Crippen LogP contribution in [0, 0.1) is 11.7 Å². The lowest BCUT2D eigenvalue weighted by atomic mass is 9.82. The van der Waals surface area contributed by atoms with Crippen molar-refractivity contribution in [2.45, 2.75) is 22.7 Å². The van der Waals surface area contributed by atoms with Crippen molar-refractivity contribution in [1.29, 1.82) is 0 Å². The summed E-state index contributed by atoms with van der Waals surface area (Å²) in [5.41, 5.74) is 1.51. The number of thioether (sulfide) groups is 1. The Morgan fingerprint density at radius 2 is 1.71 bits per heavy atom. The number of rotatable bonds is 6. The van der Waals surface area contributed by atoms with E-state index in [0.29, 0.717) is 32.6 Å². The Bertz CT molecular complexity index is 1740. The molecule has 41 heavy (non-hydrogen) atoms. The Kier molecular flexibility index (Phi) is 7.30. The topological polar surface area (TPSA) is 97.7 Å². The van der Waals surface area contributed by atoms with Crippen molar-refractivity contribution in [2.75, 3.05) is 17.3 Å². The second-order valence-corrected chi connectivity index (χ2v) is 12.5. The smallest absolute Gasteiger partial charge is 0.308 e. The molecule has 12 heteroatoms. The molecule has 1 fully saturated rings. The fourth-order valence-electron chi connectivity index (χ4n) is 5.24. The minimum absolute atomic E-state index is 0.316. The molecule has 1 saturated heterocycles. The van der Waals surface area contributed by atoms with Gasteiger partial charge in [-0.3, -0.25) is 23.7 Å². The van der Waals surface area contributed by atoms with E-state index in [9.17, 15) is 23.6 Å². The molecule has 6 rings (SSSR count). The molecule has 2 aliphatic heterocycles. The van der Waals surface area contributed by atoms with Crippen LogP contribution in [0.3, 0.4) is 0 Å². The van der Waals surface area contributed by atoms with Crippen LogP contribution in [0.15, 0.2) is 87.1 Å². The number of amides is 3. The number of thiazole rings is 1. The summed E-state index contributed by atoms with van der Waals surface area (Å²) >= 11 is 5.47. The SMILES string of the molecule is COc1ccccc1C1c2sc(=O)n(CC(=O)Nc3ccc(F)cc3)c2SC2C(=O)N(c3ccc(Br)cc3)C(=O)C21. The van der Waals surface area contributed by atoms with Crippen LogP contribution in [-0.2, 0) is 20.9 Å². The van der Waals surface area contributed by atoms with Gasteiger partial charge in [-0.1, -0.05) is 57.2 Å². The number of anilines is 2. The largest absolute Gasteiger partial charge is 0.496 e. The average molecular weight is 655 g/mol. The second kappa shape index (κ2) is 10.9. The minimum Gasteiger partial charge on any atom is -0.496 e. The number of aromatic nitrogens is 1. The molecule has 0 radical (unpaired) electrons. The van der Waals surface area contributed by atoms with E-state index >= 15 is 0 Å². The van der Waals surface area contributed by atoms with Crippen LogP contribution in [0.2, 0.25) is 0 Å². The molecule has 3 heterocycles. The van der Waals surface area contributed by atoms with Gasteiger partial charge in [0.05, 0.1) is 23.7 Å².